The molecule has 0 radical (unpaired) electrons. The van der Waals surface area contributed by atoms with E-state index in [0.717, 1.165) is 10.0 Å². The highest BCUT2D eigenvalue weighted by atomic mass is 79.9. The summed E-state index contributed by atoms with van der Waals surface area (Å²) in [4.78, 5) is 24.4. The van der Waals surface area contributed by atoms with Crippen molar-refractivity contribution in [1.29, 1.82) is 0 Å². The Morgan fingerprint density at radius 3 is 2.40 bits per heavy atom. The van der Waals surface area contributed by atoms with Crippen LogP contribution in [0.1, 0.15) is 35.7 Å². The van der Waals surface area contributed by atoms with Crippen molar-refractivity contribution in [3.05, 3.63) is 56.5 Å². The van der Waals surface area contributed by atoms with Crippen molar-refractivity contribution in [2.45, 2.75) is 19.8 Å². The first-order valence-electron chi connectivity index (χ1n) is 8.87. The zero-order chi connectivity index (χ0) is 22.3. The normalized spacial score (nSPS) is 10.3. The topological polar surface area (TPSA) is 88.7 Å². The van der Waals surface area contributed by atoms with Crippen LogP contribution >= 0.6 is 44.1 Å². The number of hydrazine groups is 1. The number of thiocarbonyl (C=S) groups is 1. The first-order valence-corrected chi connectivity index (χ1v) is 10.9. The second kappa shape index (κ2) is 11.3. The Balaban J connectivity index is 1.83. The molecule has 160 valence electrons. The quantitative estimate of drug-likeness (QED) is 0.366. The third-order valence-corrected chi connectivity index (χ3v) is 5.25. The van der Waals surface area contributed by atoms with Gasteiger partial charge in [-0.2, -0.15) is 0 Å². The summed E-state index contributed by atoms with van der Waals surface area (Å²) in [6, 6.07) is 10.7. The molecule has 0 unspecified atom stereocenters. The van der Waals surface area contributed by atoms with Gasteiger partial charge in [0.1, 0.15) is 11.5 Å². The third kappa shape index (κ3) is 6.96. The molecule has 0 aliphatic carbocycles. The van der Waals surface area contributed by atoms with Gasteiger partial charge in [0.15, 0.2) is 11.7 Å². The monoisotopic (exact) mass is 557 g/mol. The number of methoxy groups -OCH3 is 1. The van der Waals surface area contributed by atoms with Crippen molar-refractivity contribution in [3.63, 3.8) is 0 Å². The number of nitrogens with one attached hydrogen (secondary N) is 3. The first-order chi connectivity index (χ1) is 14.2. The van der Waals surface area contributed by atoms with E-state index >= 15 is 0 Å². The number of halogens is 2. The molecule has 30 heavy (non-hydrogen) atoms. The van der Waals surface area contributed by atoms with E-state index in [4.69, 9.17) is 21.7 Å². The lowest BCUT2D eigenvalue weighted by Gasteiger charge is -2.14. The molecule has 0 atom stereocenters. The van der Waals surface area contributed by atoms with Crippen molar-refractivity contribution in [1.82, 2.24) is 16.2 Å². The first kappa shape index (κ1) is 24.1. The highest BCUT2D eigenvalue weighted by molar-refractivity contribution is 9.10. The highest BCUT2D eigenvalue weighted by Crippen LogP contribution is 2.28. The van der Waals surface area contributed by atoms with Crippen LogP contribution < -0.4 is 25.6 Å². The largest absolute Gasteiger partial charge is 0.496 e. The number of benzene rings is 2. The van der Waals surface area contributed by atoms with Crippen LogP contribution in [-0.2, 0) is 4.79 Å². The van der Waals surface area contributed by atoms with Gasteiger partial charge in [-0.1, -0.05) is 35.8 Å². The molecule has 3 N–H and O–H groups in total. The molecule has 2 rings (SSSR count). The van der Waals surface area contributed by atoms with Gasteiger partial charge in [0.2, 0.25) is 0 Å². The Labute approximate surface area is 197 Å². The summed E-state index contributed by atoms with van der Waals surface area (Å²) < 4.78 is 12.2. The summed E-state index contributed by atoms with van der Waals surface area (Å²) in [6.07, 6.45) is 0. The standard InChI is InChI=1S/C20H21Br2N3O4S/c1-11(2)12-4-6-17(15(22)8-12)29-10-18(26)24-25-20(30)23-19(27)14-9-13(21)5-7-16(14)28-3/h4-9,11H,10H2,1-3H3,(H,24,26)(H2,23,25,27,30). The van der Waals surface area contributed by atoms with Crippen molar-refractivity contribution >= 4 is 61.0 Å². The average Bonchev–Trinajstić information content (AvgIpc) is 2.71. The number of amides is 2. The van der Waals surface area contributed by atoms with Crippen molar-refractivity contribution in [2.24, 2.45) is 0 Å². The predicted molar refractivity (Wildman–Crippen MR) is 126 cm³/mol. The second-order valence-electron chi connectivity index (χ2n) is 6.43. The summed E-state index contributed by atoms with van der Waals surface area (Å²) in [5, 5.41) is 2.40. The minimum atomic E-state index is -0.481. The average molecular weight is 559 g/mol. The number of hydrogen-bond acceptors (Lipinski definition) is 5. The molecule has 0 heterocycles. The van der Waals surface area contributed by atoms with Gasteiger partial charge in [-0.15, -0.1) is 0 Å². The molecule has 0 aliphatic rings. The molecule has 7 nitrogen and oxygen atoms in total. The Hall–Kier alpha value is -2.17. The fraction of sp³-hybridized carbons (Fsp3) is 0.250. The van der Waals surface area contributed by atoms with Crippen molar-refractivity contribution in [2.75, 3.05) is 13.7 Å². The number of carbonyl (C=O) groups is 2. The SMILES string of the molecule is COc1ccc(Br)cc1C(=O)NC(=S)NNC(=O)COc1ccc(C(C)C)cc1Br. The smallest absolute Gasteiger partial charge is 0.276 e. The molecule has 0 aliphatic heterocycles. The van der Waals surface area contributed by atoms with Crippen LogP contribution in [0, 0.1) is 0 Å². The van der Waals surface area contributed by atoms with Crippen LogP contribution in [0.4, 0.5) is 0 Å². The van der Waals surface area contributed by atoms with Crippen molar-refractivity contribution in [3.8, 4) is 11.5 Å². The van der Waals surface area contributed by atoms with E-state index in [1.165, 1.54) is 7.11 Å². The molecular weight excluding hydrogens is 538 g/mol. The zero-order valence-electron chi connectivity index (χ0n) is 16.5. The number of ether oxygens (including phenoxy) is 2. The zero-order valence-corrected chi connectivity index (χ0v) is 20.5. The molecule has 0 bridgehead atoms. The van der Waals surface area contributed by atoms with Gasteiger partial charge < -0.3 is 9.47 Å². The summed E-state index contributed by atoms with van der Waals surface area (Å²) in [7, 11) is 1.46. The molecular formula is C20H21Br2N3O4S. The van der Waals surface area contributed by atoms with E-state index in [-0.39, 0.29) is 11.7 Å². The Kier molecular flexibility index (Phi) is 9.07. The summed E-state index contributed by atoms with van der Waals surface area (Å²) in [6.45, 7) is 3.95. The molecule has 0 spiro atoms. The van der Waals surface area contributed by atoms with Crippen LogP contribution in [0.15, 0.2) is 45.3 Å². The minimum Gasteiger partial charge on any atom is -0.496 e. The van der Waals surface area contributed by atoms with Gasteiger partial charge in [-0.05, 0) is 70.0 Å². The molecule has 0 aromatic heterocycles. The van der Waals surface area contributed by atoms with Gasteiger partial charge in [0.05, 0.1) is 17.1 Å². The van der Waals surface area contributed by atoms with Crippen LogP contribution in [-0.4, -0.2) is 30.6 Å². The van der Waals surface area contributed by atoms with Gasteiger partial charge >= 0.3 is 0 Å². The molecule has 2 aromatic carbocycles. The predicted octanol–water partition coefficient (Wildman–Crippen LogP) is 4.06. The van der Waals surface area contributed by atoms with Crippen LogP contribution in [0.3, 0.4) is 0 Å². The maximum absolute atomic E-state index is 12.4. The molecule has 2 aromatic rings. The Bertz CT molecular complexity index is 954. The molecule has 0 saturated carbocycles. The number of rotatable bonds is 6. The van der Waals surface area contributed by atoms with E-state index in [2.05, 4.69) is 61.9 Å². The summed E-state index contributed by atoms with van der Waals surface area (Å²) in [5.74, 6) is 0.380. The molecule has 2 amide bonds. The van der Waals surface area contributed by atoms with E-state index in [1.807, 2.05) is 12.1 Å². The molecule has 10 heteroatoms. The van der Waals surface area contributed by atoms with Crippen molar-refractivity contribution < 1.29 is 19.1 Å². The number of hydrogen-bond donors (Lipinski definition) is 3. The Morgan fingerprint density at radius 2 is 1.77 bits per heavy atom. The lowest BCUT2D eigenvalue weighted by molar-refractivity contribution is -0.123. The summed E-state index contributed by atoms with van der Waals surface area (Å²) in [5.41, 5.74) is 6.29. The van der Waals surface area contributed by atoms with Gasteiger partial charge in [-0.3, -0.25) is 25.8 Å². The van der Waals surface area contributed by atoms with Crippen LogP contribution in [0.2, 0.25) is 0 Å². The van der Waals surface area contributed by atoms with E-state index in [0.29, 0.717) is 27.5 Å². The maximum Gasteiger partial charge on any atom is 0.276 e. The minimum absolute atomic E-state index is 0.0714. The van der Waals surface area contributed by atoms with E-state index < -0.39 is 11.8 Å². The van der Waals surface area contributed by atoms with Crippen LogP contribution in [0.5, 0.6) is 11.5 Å². The highest BCUT2D eigenvalue weighted by Gasteiger charge is 2.15. The Morgan fingerprint density at radius 1 is 1.07 bits per heavy atom. The molecule has 0 saturated heterocycles. The molecule has 0 fully saturated rings. The van der Waals surface area contributed by atoms with Gasteiger partial charge in [-0.25, -0.2) is 0 Å². The van der Waals surface area contributed by atoms with Gasteiger partial charge in [0.25, 0.3) is 11.8 Å². The lowest BCUT2D eigenvalue weighted by Crippen LogP contribution is -2.49. The van der Waals surface area contributed by atoms with E-state index in [1.54, 1.807) is 24.3 Å². The maximum atomic E-state index is 12.4. The fourth-order valence-corrected chi connectivity index (χ4v) is 3.37. The fourth-order valence-electron chi connectivity index (χ4n) is 2.36. The van der Waals surface area contributed by atoms with Crippen LogP contribution in [0.25, 0.3) is 0 Å². The summed E-state index contributed by atoms with van der Waals surface area (Å²) >= 11 is 11.8. The van der Waals surface area contributed by atoms with Gasteiger partial charge in [0, 0.05) is 4.47 Å². The number of carbonyl (C=O) groups excluding carboxylic acids is 2. The van der Waals surface area contributed by atoms with E-state index in [9.17, 15) is 9.59 Å². The third-order valence-electron chi connectivity index (χ3n) is 3.93. The lowest BCUT2D eigenvalue weighted by atomic mass is 10.0. The second-order valence-corrected chi connectivity index (χ2v) is 8.61.